The number of carboxylic acids is 2. The Labute approximate surface area is 124 Å². The van der Waals surface area contributed by atoms with Crippen molar-refractivity contribution in [2.75, 3.05) is 5.32 Å². The predicted molar refractivity (Wildman–Crippen MR) is 73.5 cm³/mol. The third-order valence-electron chi connectivity index (χ3n) is 3.79. The van der Waals surface area contributed by atoms with E-state index in [0.29, 0.717) is 5.69 Å². The van der Waals surface area contributed by atoms with E-state index in [9.17, 15) is 19.2 Å². The molecule has 1 saturated carbocycles. The Hall–Kier alpha value is -2.90. The van der Waals surface area contributed by atoms with E-state index in [-0.39, 0.29) is 0 Å². The summed E-state index contributed by atoms with van der Waals surface area (Å²) in [6.45, 7) is 0. The Morgan fingerprint density at radius 2 is 1.36 bits per heavy atom. The summed E-state index contributed by atoms with van der Waals surface area (Å²) < 4.78 is 0. The van der Waals surface area contributed by atoms with Crippen LogP contribution in [0.25, 0.3) is 0 Å². The minimum Gasteiger partial charge on any atom is -0.481 e. The maximum absolute atomic E-state index is 12.2. The average molecular weight is 306 g/mol. The summed E-state index contributed by atoms with van der Waals surface area (Å²) in [6.07, 6.45) is 0. The molecule has 22 heavy (non-hydrogen) atoms. The number of primary amides is 1. The molecule has 5 N–H and O–H groups in total. The standard InChI is InChI=1S/C14H14N2O6/c15-11(17)7-8(10(14(21)22)9(7)13(19)20)12(18)16-6-4-2-1-3-5-6/h1-5,7-10H,(H2,15,17)(H,16,18)(H,19,20)(H,21,22). The Morgan fingerprint density at radius 3 is 1.82 bits per heavy atom. The SMILES string of the molecule is NC(=O)C1C(C(=O)O)C(C(=O)O)C1C(=O)Nc1ccccc1. The van der Waals surface area contributed by atoms with Crippen molar-refractivity contribution < 1.29 is 29.4 Å². The molecule has 116 valence electrons. The van der Waals surface area contributed by atoms with Gasteiger partial charge in [0.2, 0.25) is 11.8 Å². The number of rotatable bonds is 5. The van der Waals surface area contributed by atoms with Crippen molar-refractivity contribution in [1.82, 2.24) is 0 Å². The van der Waals surface area contributed by atoms with E-state index < -0.39 is 47.4 Å². The van der Waals surface area contributed by atoms with Crippen LogP contribution in [-0.2, 0) is 19.2 Å². The van der Waals surface area contributed by atoms with Gasteiger partial charge in [-0.25, -0.2) is 0 Å². The summed E-state index contributed by atoms with van der Waals surface area (Å²) in [4.78, 5) is 46.0. The third-order valence-corrected chi connectivity index (χ3v) is 3.79. The van der Waals surface area contributed by atoms with Crippen LogP contribution in [0, 0.1) is 23.7 Å². The summed E-state index contributed by atoms with van der Waals surface area (Å²) in [5.41, 5.74) is 5.55. The molecule has 1 aliphatic rings. The van der Waals surface area contributed by atoms with Crippen LogP contribution in [0.1, 0.15) is 0 Å². The second-order valence-electron chi connectivity index (χ2n) is 5.04. The largest absolute Gasteiger partial charge is 0.481 e. The second-order valence-corrected chi connectivity index (χ2v) is 5.04. The number of aliphatic carboxylic acids is 2. The zero-order valence-corrected chi connectivity index (χ0v) is 11.3. The molecule has 2 amide bonds. The van der Waals surface area contributed by atoms with Crippen molar-refractivity contribution >= 4 is 29.4 Å². The van der Waals surface area contributed by atoms with Gasteiger partial charge in [-0.1, -0.05) is 18.2 Å². The van der Waals surface area contributed by atoms with Gasteiger partial charge in [0.05, 0.1) is 23.7 Å². The van der Waals surface area contributed by atoms with Crippen LogP contribution in [0.4, 0.5) is 5.69 Å². The molecular formula is C14H14N2O6. The van der Waals surface area contributed by atoms with Crippen LogP contribution >= 0.6 is 0 Å². The Bertz CT molecular complexity index is 607. The molecule has 0 heterocycles. The molecule has 2 rings (SSSR count). The summed E-state index contributed by atoms with van der Waals surface area (Å²) >= 11 is 0. The quantitative estimate of drug-likeness (QED) is 0.590. The predicted octanol–water partition coefficient (Wildman–Crippen LogP) is -0.242. The number of para-hydroxylation sites is 1. The van der Waals surface area contributed by atoms with E-state index in [0.717, 1.165) is 0 Å². The van der Waals surface area contributed by atoms with Gasteiger partial charge < -0.3 is 21.3 Å². The van der Waals surface area contributed by atoms with Gasteiger partial charge in [0.1, 0.15) is 0 Å². The van der Waals surface area contributed by atoms with Crippen molar-refractivity contribution in [1.29, 1.82) is 0 Å². The van der Waals surface area contributed by atoms with Crippen LogP contribution in [0.15, 0.2) is 30.3 Å². The number of nitrogens with one attached hydrogen (secondary N) is 1. The Morgan fingerprint density at radius 1 is 0.864 bits per heavy atom. The molecule has 4 atom stereocenters. The highest BCUT2D eigenvalue weighted by Gasteiger charge is 2.63. The topological polar surface area (TPSA) is 147 Å². The first kappa shape index (κ1) is 15.5. The molecule has 0 spiro atoms. The number of nitrogens with two attached hydrogens (primary N) is 1. The maximum atomic E-state index is 12.2. The molecule has 0 radical (unpaired) electrons. The summed E-state index contributed by atoms with van der Waals surface area (Å²) in [7, 11) is 0. The first-order chi connectivity index (χ1) is 10.3. The van der Waals surface area contributed by atoms with E-state index in [4.69, 9.17) is 15.9 Å². The van der Waals surface area contributed by atoms with E-state index >= 15 is 0 Å². The number of carbonyl (C=O) groups excluding carboxylic acids is 2. The number of hydrogen-bond donors (Lipinski definition) is 4. The number of hydrogen-bond acceptors (Lipinski definition) is 4. The fourth-order valence-electron chi connectivity index (χ4n) is 2.79. The Kier molecular flexibility index (Phi) is 4.11. The van der Waals surface area contributed by atoms with Crippen LogP contribution in [0.2, 0.25) is 0 Å². The molecule has 1 aromatic rings. The van der Waals surface area contributed by atoms with Crippen LogP contribution < -0.4 is 11.1 Å². The number of carbonyl (C=O) groups is 4. The molecule has 0 saturated heterocycles. The molecule has 0 bridgehead atoms. The summed E-state index contributed by atoms with van der Waals surface area (Å²) in [5.74, 6) is -10.3. The van der Waals surface area contributed by atoms with Gasteiger partial charge in [0.15, 0.2) is 0 Å². The molecule has 1 aliphatic carbocycles. The zero-order chi connectivity index (χ0) is 16.4. The lowest BCUT2D eigenvalue weighted by Crippen LogP contribution is -2.62. The number of carboxylic acid groups (broad SMARTS) is 2. The minimum atomic E-state index is -1.50. The highest BCUT2D eigenvalue weighted by molar-refractivity contribution is 6.03. The van der Waals surface area contributed by atoms with Crippen LogP contribution in [-0.4, -0.2) is 34.0 Å². The third kappa shape index (κ3) is 2.62. The molecule has 4 unspecified atom stereocenters. The first-order valence-electron chi connectivity index (χ1n) is 6.45. The fourth-order valence-corrected chi connectivity index (χ4v) is 2.79. The second kappa shape index (κ2) is 5.84. The fraction of sp³-hybridized carbons (Fsp3) is 0.286. The van der Waals surface area contributed by atoms with Crippen molar-refractivity contribution in [2.24, 2.45) is 29.4 Å². The lowest BCUT2D eigenvalue weighted by atomic mass is 9.55. The van der Waals surface area contributed by atoms with E-state index in [1.165, 1.54) is 0 Å². The summed E-state index contributed by atoms with van der Waals surface area (Å²) in [6, 6.07) is 8.22. The Balaban J connectivity index is 2.26. The van der Waals surface area contributed by atoms with Crippen molar-refractivity contribution in [3.8, 4) is 0 Å². The van der Waals surface area contributed by atoms with Gasteiger partial charge >= 0.3 is 11.9 Å². The highest BCUT2D eigenvalue weighted by Crippen LogP contribution is 2.47. The van der Waals surface area contributed by atoms with E-state index in [1.54, 1.807) is 30.3 Å². The molecule has 1 fully saturated rings. The minimum absolute atomic E-state index is 0.415. The number of anilines is 1. The number of amides is 2. The maximum Gasteiger partial charge on any atom is 0.308 e. The molecular weight excluding hydrogens is 292 g/mol. The average Bonchev–Trinajstić information content (AvgIpc) is 2.36. The van der Waals surface area contributed by atoms with Gasteiger partial charge in [0, 0.05) is 5.69 Å². The van der Waals surface area contributed by atoms with Gasteiger partial charge in [-0.15, -0.1) is 0 Å². The van der Waals surface area contributed by atoms with E-state index in [2.05, 4.69) is 5.32 Å². The molecule has 0 aliphatic heterocycles. The van der Waals surface area contributed by atoms with Gasteiger partial charge in [-0.05, 0) is 12.1 Å². The number of benzene rings is 1. The first-order valence-corrected chi connectivity index (χ1v) is 6.45. The lowest BCUT2D eigenvalue weighted by Gasteiger charge is -2.44. The smallest absolute Gasteiger partial charge is 0.308 e. The van der Waals surface area contributed by atoms with Crippen LogP contribution in [0.3, 0.4) is 0 Å². The molecule has 1 aromatic carbocycles. The van der Waals surface area contributed by atoms with E-state index in [1.807, 2.05) is 0 Å². The van der Waals surface area contributed by atoms with Gasteiger partial charge in [0.25, 0.3) is 0 Å². The molecule has 8 heteroatoms. The van der Waals surface area contributed by atoms with Gasteiger partial charge in [-0.2, -0.15) is 0 Å². The van der Waals surface area contributed by atoms with Crippen molar-refractivity contribution in [3.63, 3.8) is 0 Å². The molecule has 0 aromatic heterocycles. The van der Waals surface area contributed by atoms with Crippen LogP contribution in [0.5, 0.6) is 0 Å². The molecule has 8 nitrogen and oxygen atoms in total. The zero-order valence-electron chi connectivity index (χ0n) is 11.3. The van der Waals surface area contributed by atoms with Crippen molar-refractivity contribution in [2.45, 2.75) is 0 Å². The summed E-state index contributed by atoms with van der Waals surface area (Å²) in [5, 5.41) is 20.7. The lowest BCUT2D eigenvalue weighted by molar-refractivity contribution is -0.179. The van der Waals surface area contributed by atoms with Crippen molar-refractivity contribution in [3.05, 3.63) is 30.3 Å². The van der Waals surface area contributed by atoms with Gasteiger partial charge in [-0.3, -0.25) is 19.2 Å². The normalized spacial score (nSPS) is 26.5. The monoisotopic (exact) mass is 306 g/mol. The highest BCUT2D eigenvalue weighted by atomic mass is 16.4.